The summed E-state index contributed by atoms with van der Waals surface area (Å²) in [6.07, 6.45) is 7.81. The van der Waals surface area contributed by atoms with Gasteiger partial charge >= 0.3 is 0 Å². The second-order valence-corrected chi connectivity index (χ2v) is 8.04. The van der Waals surface area contributed by atoms with E-state index in [1.807, 2.05) is 23.1 Å². The molecule has 124 valence electrons. The molecule has 2 heterocycles. The van der Waals surface area contributed by atoms with Gasteiger partial charge in [-0.05, 0) is 75.2 Å². The lowest BCUT2D eigenvalue weighted by molar-refractivity contribution is -0.0311. The topological polar surface area (TPSA) is 23.6 Å². The summed E-state index contributed by atoms with van der Waals surface area (Å²) in [4.78, 5) is 17.3. The van der Waals surface area contributed by atoms with Crippen molar-refractivity contribution in [3.05, 3.63) is 34.9 Å². The van der Waals surface area contributed by atoms with Crippen molar-refractivity contribution >= 4 is 17.5 Å². The molecule has 23 heavy (non-hydrogen) atoms. The highest BCUT2D eigenvalue weighted by molar-refractivity contribution is 6.30. The van der Waals surface area contributed by atoms with Crippen molar-refractivity contribution in [2.24, 2.45) is 5.41 Å². The van der Waals surface area contributed by atoms with Crippen LogP contribution in [0.4, 0.5) is 0 Å². The molecule has 1 aromatic carbocycles. The fraction of sp³-hybridized carbons (Fsp3) is 0.632. The first-order chi connectivity index (χ1) is 11.2. The maximum absolute atomic E-state index is 12.6. The van der Waals surface area contributed by atoms with E-state index in [0.29, 0.717) is 10.4 Å². The Balaban J connectivity index is 1.32. The van der Waals surface area contributed by atoms with E-state index < -0.39 is 0 Å². The predicted molar refractivity (Wildman–Crippen MR) is 92.9 cm³/mol. The van der Waals surface area contributed by atoms with Crippen molar-refractivity contribution in [3.8, 4) is 0 Å². The van der Waals surface area contributed by atoms with Gasteiger partial charge in [-0.25, -0.2) is 0 Å². The van der Waals surface area contributed by atoms with Crippen LogP contribution in [0.2, 0.25) is 5.02 Å². The van der Waals surface area contributed by atoms with E-state index in [-0.39, 0.29) is 5.91 Å². The van der Waals surface area contributed by atoms with Gasteiger partial charge in [0.15, 0.2) is 0 Å². The Bertz CT molecular complexity index is 581. The van der Waals surface area contributed by atoms with Crippen LogP contribution in [0.5, 0.6) is 0 Å². The van der Waals surface area contributed by atoms with Gasteiger partial charge in [0.25, 0.3) is 5.91 Å². The molecule has 2 saturated heterocycles. The normalized spacial score (nSPS) is 24.8. The standard InChI is InChI=1S/C19H25ClN2O/c20-16-5-3-4-15(12-16)18(23)22-10-6-19(7-11-22)13-17(14-19)21-8-1-2-9-21/h3-5,12,17H,1-2,6-11,13-14H2. The second-order valence-electron chi connectivity index (χ2n) is 7.61. The van der Waals surface area contributed by atoms with Crippen LogP contribution in [0.25, 0.3) is 0 Å². The molecule has 3 aliphatic rings. The van der Waals surface area contributed by atoms with Gasteiger partial charge in [-0.3, -0.25) is 4.79 Å². The second kappa shape index (κ2) is 6.10. The Morgan fingerprint density at radius 3 is 2.43 bits per heavy atom. The number of carbonyl (C=O) groups is 1. The molecule has 0 atom stereocenters. The van der Waals surface area contributed by atoms with Crippen LogP contribution in [0.15, 0.2) is 24.3 Å². The van der Waals surface area contributed by atoms with E-state index in [4.69, 9.17) is 11.6 Å². The fourth-order valence-corrected chi connectivity index (χ4v) is 4.89. The first-order valence-electron chi connectivity index (χ1n) is 8.94. The van der Waals surface area contributed by atoms with Crippen molar-refractivity contribution in [2.75, 3.05) is 26.2 Å². The Labute approximate surface area is 143 Å². The fourth-order valence-electron chi connectivity index (χ4n) is 4.70. The third-order valence-electron chi connectivity index (χ3n) is 6.18. The van der Waals surface area contributed by atoms with Gasteiger partial charge in [-0.1, -0.05) is 17.7 Å². The van der Waals surface area contributed by atoms with Crippen LogP contribution in [-0.4, -0.2) is 47.9 Å². The Kier molecular flexibility index (Phi) is 4.10. The van der Waals surface area contributed by atoms with Crippen molar-refractivity contribution < 1.29 is 4.79 Å². The molecule has 1 amide bonds. The smallest absolute Gasteiger partial charge is 0.253 e. The maximum Gasteiger partial charge on any atom is 0.253 e. The highest BCUT2D eigenvalue weighted by Crippen LogP contribution is 2.51. The van der Waals surface area contributed by atoms with E-state index in [1.165, 1.54) is 51.6 Å². The Morgan fingerprint density at radius 1 is 1.09 bits per heavy atom. The van der Waals surface area contributed by atoms with Crippen molar-refractivity contribution in [1.29, 1.82) is 0 Å². The summed E-state index contributed by atoms with van der Waals surface area (Å²) < 4.78 is 0. The number of hydrogen-bond acceptors (Lipinski definition) is 2. The highest BCUT2D eigenvalue weighted by atomic mass is 35.5. The van der Waals surface area contributed by atoms with Crippen molar-refractivity contribution in [2.45, 2.75) is 44.6 Å². The molecule has 1 aromatic rings. The minimum atomic E-state index is 0.137. The van der Waals surface area contributed by atoms with Gasteiger partial charge in [-0.2, -0.15) is 0 Å². The highest BCUT2D eigenvalue weighted by Gasteiger charge is 2.48. The average molecular weight is 333 g/mol. The molecule has 3 nitrogen and oxygen atoms in total. The molecule has 4 rings (SSSR count). The van der Waals surface area contributed by atoms with Crippen LogP contribution >= 0.6 is 11.6 Å². The lowest BCUT2D eigenvalue weighted by atomic mass is 9.60. The van der Waals surface area contributed by atoms with E-state index in [1.54, 1.807) is 6.07 Å². The number of likely N-dealkylation sites (tertiary alicyclic amines) is 2. The molecule has 1 saturated carbocycles. The molecule has 1 aliphatic carbocycles. The van der Waals surface area contributed by atoms with Crippen LogP contribution in [-0.2, 0) is 0 Å². The molecule has 0 bridgehead atoms. The number of hydrogen-bond donors (Lipinski definition) is 0. The molecule has 3 fully saturated rings. The minimum Gasteiger partial charge on any atom is -0.339 e. The lowest BCUT2D eigenvalue weighted by Crippen LogP contribution is -2.55. The van der Waals surface area contributed by atoms with E-state index >= 15 is 0 Å². The lowest BCUT2D eigenvalue weighted by Gasteiger charge is -2.54. The van der Waals surface area contributed by atoms with Gasteiger partial charge in [0.1, 0.15) is 0 Å². The predicted octanol–water partition coefficient (Wildman–Crippen LogP) is 3.82. The van der Waals surface area contributed by atoms with Crippen molar-refractivity contribution in [1.82, 2.24) is 9.80 Å². The molecule has 1 spiro atoms. The maximum atomic E-state index is 12.6. The number of benzene rings is 1. The summed E-state index contributed by atoms with van der Waals surface area (Å²) in [7, 11) is 0. The molecular weight excluding hydrogens is 308 g/mol. The van der Waals surface area contributed by atoms with Gasteiger partial charge in [0.2, 0.25) is 0 Å². The summed E-state index contributed by atoms with van der Waals surface area (Å²) in [5.41, 5.74) is 1.25. The molecule has 0 radical (unpaired) electrons. The number of amides is 1. The van der Waals surface area contributed by atoms with Crippen LogP contribution in [0.3, 0.4) is 0 Å². The van der Waals surface area contributed by atoms with E-state index in [0.717, 1.165) is 24.7 Å². The molecule has 2 aliphatic heterocycles. The zero-order valence-corrected chi connectivity index (χ0v) is 14.4. The molecule has 0 unspecified atom stereocenters. The number of carbonyl (C=O) groups excluding carboxylic acids is 1. The number of piperidine rings is 1. The molecule has 0 aromatic heterocycles. The van der Waals surface area contributed by atoms with Gasteiger partial charge in [-0.15, -0.1) is 0 Å². The third-order valence-corrected chi connectivity index (χ3v) is 6.41. The van der Waals surface area contributed by atoms with Gasteiger partial charge in [0.05, 0.1) is 0 Å². The first kappa shape index (κ1) is 15.5. The minimum absolute atomic E-state index is 0.137. The van der Waals surface area contributed by atoms with Crippen LogP contribution in [0, 0.1) is 5.41 Å². The largest absolute Gasteiger partial charge is 0.339 e. The summed E-state index contributed by atoms with van der Waals surface area (Å²) >= 11 is 6.01. The van der Waals surface area contributed by atoms with E-state index in [2.05, 4.69) is 4.90 Å². The summed E-state index contributed by atoms with van der Waals surface area (Å²) in [5, 5.41) is 0.636. The summed E-state index contributed by atoms with van der Waals surface area (Å²) in [5.74, 6) is 0.137. The summed E-state index contributed by atoms with van der Waals surface area (Å²) in [6, 6.07) is 8.14. The SMILES string of the molecule is O=C(c1cccc(Cl)c1)N1CCC2(CC1)CC(N1CCCC1)C2. The number of nitrogens with zero attached hydrogens (tertiary/aromatic N) is 2. The van der Waals surface area contributed by atoms with E-state index in [9.17, 15) is 4.79 Å². The monoisotopic (exact) mass is 332 g/mol. The van der Waals surface area contributed by atoms with Gasteiger partial charge in [0, 0.05) is 29.7 Å². The Morgan fingerprint density at radius 2 is 1.78 bits per heavy atom. The number of halogens is 1. The number of rotatable bonds is 2. The quantitative estimate of drug-likeness (QED) is 0.822. The van der Waals surface area contributed by atoms with Crippen molar-refractivity contribution in [3.63, 3.8) is 0 Å². The first-order valence-corrected chi connectivity index (χ1v) is 9.32. The molecule has 4 heteroatoms. The average Bonchev–Trinajstić information content (AvgIpc) is 3.06. The molecular formula is C19H25ClN2O. The van der Waals surface area contributed by atoms with Crippen LogP contribution in [0.1, 0.15) is 48.9 Å². The third kappa shape index (κ3) is 3.01. The Hall–Kier alpha value is -1.06. The zero-order valence-electron chi connectivity index (χ0n) is 13.6. The molecule has 0 N–H and O–H groups in total. The zero-order chi connectivity index (χ0) is 15.9. The van der Waals surface area contributed by atoms with Crippen LogP contribution < -0.4 is 0 Å². The summed E-state index contributed by atoms with van der Waals surface area (Å²) in [6.45, 7) is 4.41. The van der Waals surface area contributed by atoms with Gasteiger partial charge < -0.3 is 9.80 Å².